The van der Waals surface area contributed by atoms with Gasteiger partial charge in [-0.2, -0.15) is 0 Å². The molecule has 5 nitrogen and oxygen atoms in total. The molecule has 1 fully saturated rings. The van der Waals surface area contributed by atoms with Crippen LogP contribution in [-0.2, 0) is 0 Å². The molecule has 0 amide bonds. The third kappa shape index (κ3) is 4.96. The molecule has 1 aromatic heterocycles. The third-order valence-corrected chi connectivity index (χ3v) is 3.62. The smallest absolute Gasteiger partial charge is 0.131 e. The minimum absolute atomic E-state index is 0.634. The first kappa shape index (κ1) is 15.0. The molecule has 0 aliphatic carbocycles. The highest BCUT2D eigenvalue weighted by Gasteiger charge is 2.14. The maximum Gasteiger partial charge on any atom is 0.131 e. The first-order valence-electron chi connectivity index (χ1n) is 7.80. The van der Waals surface area contributed by atoms with Crippen LogP contribution in [0.1, 0.15) is 33.1 Å². The van der Waals surface area contributed by atoms with Crippen LogP contribution in [0.5, 0.6) is 0 Å². The summed E-state index contributed by atoms with van der Waals surface area (Å²) in [5.74, 6) is 2.44. The van der Waals surface area contributed by atoms with Crippen LogP contribution in [0.2, 0.25) is 0 Å². The van der Waals surface area contributed by atoms with Gasteiger partial charge in [-0.15, -0.1) is 0 Å². The fourth-order valence-electron chi connectivity index (χ4n) is 2.55. The van der Waals surface area contributed by atoms with Gasteiger partial charge in [0.2, 0.25) is 0 Å². The molecule has 1 aliphatic heterocycles. The predicted octanol–water partition coefficient (Wildman–Crippen LogP) is 2.44. The molecule has 20 heavy (non-hydrogen) atoms. The Balaban J connectivity index is 1.74. The molecule has 2 rings (SSSR count). The molecule has 0 spiro atoms. The Morgan fingerprint density at radius 3 is 2.60 bits per heavy atom. The van der Waals surface area contributed by atoms with Gasteiger partial charge in [0.05, 0.1) is 0 Å². The zero-order valence-corrected chi connectivity index (χ0v) is 12.7. The number of hydrogen-bond donors (Lipinski definition) is 2. The fraction of sp³-hybridized carbons (Fsp3) is 0.733. The Bertz CT molecular complexity index is 390. The predicted molar refractivity (Wildman–Crippen MR) is 84.1 cm³/mol. The second kappa shape index (κ2) is 8.04. The van der Waals surface area contributed by atoms with Gasteiger partial charge in [0.15, 0.2) is 0 Å². The number of nitrogens with one attached hydrogen (secondary N) is 2. The molecule has 0 bridgehead atoms. The van der Waals surface area contributed by atoms with E-state index in [1.54, 1.807) is 6.33 Å². The standard InChI is InChI=1S/C15H27N5/c1-3-6-16-14-9-15(19-12-18-14)17-10-13(2)11-20-7-4-5-8-20/h9,12-13H,3-8,10-11H2,1-2H3,(H2,16,17,18,19). The average Bonchev–Trinajstić information content (AvgIpc) is 2.96. The summed E-state index contributed by atoms with van der Waals surface area (Å²) in [4.78, 5) is 11.0. The van der Waals surface area contributed by atoms with E-state index < -0.39 is 0 Å². The summed E-state index contributed by atoms with van der Waals surface area (Å²) in [7, 11) is 0. The zero-order valence-electron chi connectivity index (χ0n) is 12.7. The van der Waals surface area contributed by atoms with Crippen molar-refractivity contribution in [2.45, 2.75) is 33.1 Å². The molecule has 1 unspecified atom stereocenters. The summed E-state index contributed by atoms with van der Waals surface area (Å²) >= 11 is 0. The van der Waals surface area contributed by atoms with Crippen LogP contribution in [0.3, 0.4) is 0 Å². The number of rotatable bonds is 8. The van der Waals surface area contributed by atoms with Crippen LogP contribution in [0.25, 0.3) is 0 Å². The minimum Gasteiger partial charge on any atom is -0.370 e. The van der Waals surface area contributed by atoms with Crippen molar-refractivity contribution in [3.05, 3.63) is 12.4 Å². The molecule has 2 heterocycles. The molecule has 1 aromatic rings. The molecule has 1 saturated heterocycles. The number of likely N-dealkylation sites (tertiary alicyclic amines) is 1. The van der Waals surface area contributed by atoms with Crippen LogP contribution in [0.15, 0.2) is 12.4 Å². The van der Waals surface area contributed by atoms with Gasteiger partial charge in [0.25, 0.3) is 0 Å². The highest BCUT2D eigenvalue weighted by molar-refractivity contribution is 5.46. The van der Waals surface area contributed by atoms with Gasteiger partial charge in [-0.3, -0.25) is 0 Å². The number of aromatic nitrogens is 2. The SMILES string of the molecule is CCCNc1cc(NCC(C)CN2CCCC2)ncn1. The molecular weight excluding hydrogens is 250 g/mol. The summed E-state index contributed by atoms with van der Waals surface area (Å²) in [5.41, 5.74) is 0. The van der Waals surface area contributed by atoms with Crippen molar-refractivity contribution < 1.29 is 0 Å². The van der Waals surface area contributed by atoms with E-state index in [0.717, 1.165) is 31.1 Å². The molecular formula is C15H27N5. The zero-order chi connectivity index (χ0) is 14.2. The Labute approximate surface area is 122 Å². The molecule has 1 aliphatic rings. The van der Waals surface area contributed by atoms with Crippen molar-refractivity contribution in [2.24, 2.45) is 5.92 Å². The van der Waals surface area contributed by atoms with E-state index in [2.05, 4.69) is 39.3 Å². The van der Waals surface area contributed by atoms with Crippen LogP contribution in [0.4, 0.5) is 11.6 Å². The summed E-state index contributed by atoms with van der Waals surface area (Å²) in [6.07, 6.45) is 5.43. The summed E-state index contributed by atoms with van der Waals surface area (Å²) in [6.45, 7) is 10.1. The van der Waals surface area contributed by atoms with Crippen molar-refractivity contribution in [3.8, 4) is 0 Å². The van der Waals surface area contributed by atoms with Gasteiger partial charge in [-0.25, -0.2) is 9.97 Å². The van der Waals surface area contributed by atoms with Crippen LogP contribution >= 0.6 is 0 Å². The van der Waals surface area contributed by atoms with Gasteiger partial charge in [0, 0.05) is 25.7 Å². The lowest BCUT2D eigenvalue weighted by molar-refractivity contribution is 0.294. The van der Waals surface area contributed by atoms with Crippen molar-refractivity contribution >= 4 is 11.6 Å². The van der Waals surface area contributed by atoms with Crippen LogP contribution in [0, 0.1) is 5.92 Å². The van der Waals surface area contributed by atoms with E-state index in [4.69, 9.17) is 0 Å². The highest BCUT2D eigenvalue weighted by atomic mass is 15.1. The van der Waals surface area contributed by atoms with Gasteiger partial charge in [-0.1, -0.05) is 13.8 Å². The Hall–Kier alpha value is -1.36. The normalized spacial score (nSPS) is 17.1. The molecule has 0 saturated carbocycles. The highest BCUT2D eigenvalue weighted by Crippen LogP contribution is 2.12. The summed E-state index contributed by atoms with van der Waals surface area (Å²) in [5, 5.41) is 6.70. The lowest BCUT2D eigenvalue weighted by Crippen LogP contribution is -2.29. The third-order valence-electron chi connectivity index (χ3n) is 3.62. The molecule has 1 atom stereocenters. The number of hydrogen-bond acceptors (Lipinski definition) is 5. The van der Waals surface area contributed by atoms with E-state index in [0.29, 0.717) is 5.92 Å². The summed E-state index contributed by atoms with van der Waals surface area (Å²) < 4.78 is 0. The molecule has 0 aromatic carbocycles. The molecule has 2 N–H and O–H groups in total. The van der Waals surface area contributed by atoms with Gasteiger partial charge < -0.3 is 15.5 Å². The second-order valence-electron chi connectivity index (χ2n) is 5.71. The monoisotopic (exact) mass is 277 g/mol. The average molecular weight is 277 g/mol. The quantitative estimate of drug-likeness (QED) is 0.764. The van der Waals surface area contributed by atoms with E-state index in [-0.39, 0.29) is 0 Å². The van der Waals surface area contributed by atoms with Gasteiger partial charge in [0.1, 0.15) is 18.0 Å². The van der Waals surface area contributed by atoms with Crippen molar-refractivity contribution in [2.75, 3.05) is 43.4 Å². The first-order valence-corrected chi connectivity index (χ1v) is 7.80. The van der Waals surface area contributed by atoms with Gasteiger partial charge >= 0.3 is 0 Å². The lowest BCUT2D eigenvalue weighted by Gasteiger charge is -2.20. The number of nitrogens with zero attached hydrogens (tertiary/aromatic N) is 3. The first-order chi connectivity index (χ1) is 9.78. The van der Waals surface area contributed by atoms with E-state index in [1.165, 1.54) is 32.5 Å². The maximum absolute atomic E-state index is 4.28. The van der Waals surface area contributed by atoms with Crippen molar-refractivity contribution in [1.82, 2.24) is 14.9 Å². The number of anilines is 2. The minimum atomic E-state index is 0.634. The second-order valence-corrected chi connectivity index (χ2v) is 5.71. The fourth-order valence-corrected chi connectivity index (χ4v) is 2.55. The van der Waals surface area contributed by atoms with E-state index in [9.17, 15) is 0 Å². The Morgan fingerprint density at radius 2 is 1.90 bits per heavy atom. The Kier molecular flexibility index (Phi) is 6.05. The van der Waals surface area contributed by atoms with E-state index >= 15 is 0 Å². The molecule has 112 valence electrons. The lowest BCUT2D eigenvalue weighted by atomic mass is 10.1. The largest absolute Gasteiger partial charge is 0.370 e. The van der Waals surface area contributed by atoms with E-state index in [1.807, 2.05) is 6.07 Å². The van der Waals surface area contributed by atoms with Crippen molar-refractivity contribution in [3.63, 3.8) is 0 Å². The van der Waals surface area contributed by atoms with Crippen LogP contribution < -0.4 is 10.6 Å². The molecule has 0 radical (unpaired) electrons. The van der Waals surface area contributed by atoms with Gasteiger partial charge in [-0.05, 0) is 38.3 Å². The summed E-state index contributed by atoms with van der Waals surface area (Å²) in [6, 6.07) is 1.98. The molecule has 5 heteroatoms. The van der Waals surface area contributed by atoms with Crippen molar-refractivity contribution in [1.29, 1.82) is 0 Å². The topological polar surface area (TPSA) is 53.1 Å². The Morgan fingerprint density at radius 1 is 1.20 bits per heavy atom. The maximum atomic E-state index is 4.28. The van der Waals surface area contributed by atoms with Crippen LogP contribution in [-0.4, -0.2) is 47.6 Å².